The highest BCUT2D eigenvalue weighted by Crippen LogP contribution is 2.37. The van der Waals surface area contributed by atoms with Crippen molar-refractivity contribution in [3.63, 3.8) is 0 Å². The van der Waals surface area contributed by atoms with E-state index in [2.05, 4.69) is 0 Å². The summed E-state index contributed by atoms with van der Waals surface area (Å²) in [4.78, 5) is 26.7. The normalized spacial score (nSPS) is 15.5. The maximum absolute atomic E-state index is 11.9. The highest BCUT2D eigenvalue weighted by molar-refractivity contribution is 7.14. The van der Waals surface area contributed by atoms with Crippen molar-refractivity contribution in [3.05, 3.63) is 63.5 Å². The fourth-order valence-corrected chi connectivity index (χ4v) is 4.38. The van der Waals surface area contributed by atoms with Gasteiger partial charge in [-0.1, -0.05) is 42.8 Å². The van der Waals surface area contributed by atoms with Gasteiger partial charge in [0, 0.05) is 29.1 Å². The van der Waals surface area contributed by atoms with E-state index in [0.29, 0.717) is 35.2 Å². The number of hydrogen-bond acceptors (Lipinski definition) is 5. The Labute approximate surface area is 166 Å². The fraction of sp³-hybridized carbons (Fsp3) is 0.300. The van der Waals surface area contributed by atoms with Gasteiger partial charge in [-0.2, -0.15) is 0 Å². The summed E-state index contributed by atoms with van der Waals surface area (Å²) >= 11 is 7.67. The molecule has 2 heterocycles. The van der Waals surface area contributed by atoms with Gasteiger partial charge in [0.2, 0.25) is 0 Å². The van der Waals surface area contributed by atoms with Crippen LogP contribution in [0.25, 0.3) is 0 Å². The molecule has 27 heavy (non-hydrogen) atoms. The molecule has 1 N–H and O–H groups in total. The van der Waals surface area contributed by atoms with Gasteiger partial charge in [-0.25, -0.2) is 4.79 Å². The van der Waals surface area contributed by atoms with Crippen LogP contribution >= 0.6 is 22.9 Å². The summed E-state index contributed by atoms with van der Waals surface area (Å²) in [5, 5.41) is 10.8. The van der Waals surface area contributed by atoms with E-state index in [0.717, 1.165) is 16.9 Å². The number of rotatable bonds is 6. The topological polar surface area (TPSA) is 66.8 Å². The molecule has 0 amide bonds. The Hall–Kier alpha value is -2.15. The lowest BCUT2D eigenvalue weighted by atomic mass is 10.0. The van der Waals surface area contributed by atoms with Crippen LogP contribution in [0.1, 0.15) is 35.4 Å². The first-order valence-electron chi connectivity index (χ1n) is 8.70. The van der Waals surface area contributed by atoms with Crippen molar-refractivity contribution in [1.82, 2.24) is 4.90 Å². The third kappa shape index (κ3) is 4.58. The summed E-state index contributed by atoms with van der Waals surface area (Å²) in [6.45, 7) is 3.01. The van der Waals surface area contributed by atoms with Gasteiger partial charge in [0.25, 0.3) is 0 Å². The first kappa shape index (κ1) is 19.6. The molecule has 2 aromatic rings. The van der Waals surface area contributed by atoms with Crippen molar-refractivity contribution in [1.29, 1.82) is 0 Å². The zero-order valence-corrected chi connectivity index (χ0v) is 16.4. The van der Waals surface area contributed by atoms with Gasteiger partial charge >= 0.3 is 11.9 Å². The molecule has 0 saturated heterocycles. The molecule has 1 aliphatic rings. The Morgan fingerprint density at radius 2 is 2.19 bits per heavy atom. The average molecular weight is 406 g/mol. The lowest BCUT2D eigenvalue weighted by Gasteiger charge is -2.32. The molecule has 0 unspecified atom stereocenters. The predicted molar refractivity (Wildman–Crippen MR) is 105 cm³/mol. The predicted octanol–water partition coefficient (Wildman–Crippen LogP) is 4.46. The van der Waals surface area contributed by atoms with Crippen LogP contribution in [0.3, 0.4) is 0 Å². The first-order chi connectivity index (χ1) is 13.0. The summed E-state index contributed by atoms with van der Waals surface area (Å²) in [5.74, 6) is -1.33. The van der Waals surface area contributed by atoms with Crippen LogP contribution in [0, 0.1) is 0 Å². The lowest BCUT2D eigenvalue weighted by Crippen LogP contribution is -2.37. The number of thiophene rings is 1. The van der Waals surface area contributed by atoms with Gasteiger partial charge in [-0.05, 0) is 36.1 Å². The first-order valence-corrected chi connectivity index (χ1v) is 9.90. The zero-order chi connectivity index (χ0) is 19.4. The Morgan fingerprint density at radius 3 is 2.89 bits per heavy atom. The highest BCUT2D eigenvalue weighted by Gasteiger charge is 2.32. The quantitative estimate of drug-likeness (QED) is 0.567. The summed E-state index contributed by atoms with van der Waals surface area (Å²) in [5.41, 5.74) is 1.58. The van der Waals surface area contributed by atoms with Crippen molar-refractivity contribution >= 4 is 34.9 Å². The van der Waals surface area contributed by atoms with Gasteiger partial charge in [0.1, 0.15) is 6.04 Å². The Bertz CT molecular complexity index is 877. The molecule has 1 atom stereocenters. The largest absolute Gasteiger partial charge is 0.480 e. The number of carboxylic acids is 1. The van der Waals surface area contributed by atoms with E-state index >= 15 is 0 Å². The number of fused-ring (bicyclic) bond motifs is 1. The van der Waals surface area contributed by atoms with Crippen molar-refractivity contribution in [2.24, 2.45) is 0 Å². The van der Waals surface area contributed by atoms with Gasteiger partial charge in [-0.3, -0.25) is 9.69 Å². The Kier molecular flexibility index (Phi) is 6.31. The number of halogens is 1. The van der Waals surface area contributed by atoms with Gasteiger partial charge in [0.15, 0.2) is 5.06 Å². The van der Waals surface area contributed by atoms with E-state index in [1.54, 1.807) is 30.3 Å². The lowest BCUT2D eigenvalue weighted by molar-refractivity contribution is -0.144. The standard InChI is InChI=1S/C20H20ClNO4S/c1-2-3-8-17(23)26-18-11-13-12-22(10-9-16(13)27-18)19(20(24)25)14-6-4-5-7-15(14)21/h3-8,11,19H,2,9-10,12H2,1H3,(H,24,25)/b8-3+/t19-/m0/s1. The van der Waals surface area contributed by atoms with E-state index in [1.165, 1.54) is 17.4 Å². The van der Waals surface area contributed by atoms with E-state index in [9.17, 15) is 14.7 Å². The minimum absolute atomic E-state index is 0.396. The number of hydrogen-bond donors (Lipinski definition) is 1. The third-order valence-corrected chi connectivity index (χ3v) is 5.82. The maximum Gasteiger partial charge on any atom is 0.336 e. The highest BCUT2D eigenvalue weighted by atomic mass is 35.5. The van der Waals surface area contributed by atoms with Gasteiger partial charge < -0.3 is 9.84 Å². The molecule has 3 rings (SSSR count). The van der Waals surface area contributed by atoms with Crippen molar-refractivity contribution in [2.75, 3.05) is 6.54 Å². The number of aliphatic carboxylic acids is 1. The molecule has 0 radical (unpaired) electrons. The molecule has 142 valence electrons. The molecule has 1 aromatic heterocycles. The van der Waals surface area contributed by atoms with Crippen LogP contribution < -0.4 is 4.74 Å². The zero-order valence-electron chi connectivity index (χ0n) is 14.9. The van der Waals surface area contributed by atoms with Crippen LogP contribution in [-0.2, 0) is 22.6 Å². The molecule has 5 nitrogen and oxygen atoms in total. The Morgan fingerprint density at radius 1 is 1.41 bits per heavy atom. The second-order valence-electron chi connectivity index (χ2n) is 6.23. The monoisotopic (exact) mass is 405 g/mol. The number of allylic oxidation sites excluding steroid dienone is 1. The van der Waals surface area contributed by atoms with Crippen molar-refractivity contribution in [3.8, 4) is 5.06 Å². The van der Waals surface area contributed by atoms with Gasteiger partial charge in [-0.15, -0.1) is 11.3 Å². The fourth-order valence-electron chi connectivity index (χ4n) is 3.13. The molecule has 0 saturated carbocycles. The smallest absolute Gasteiger partial charge is 0.336 e. The molecule has 1 aliphatic heterocycles. The van der Waals surface area contributed by atoms with Crippen LogP contribution in [0.2, 0.25) is 5.02 Å². The second kappa shape index (κ2) is 8.69. The molecular weight excluding hydrogens is 386 g/mol. The van der Waals surface area contributed by atoms with Gasteiger partial charge in [0.05, 0.1) is 0 Å². The molecule has 1 aromatic carbocycles. The number of benzene rings is 1. The summed E-state index contributed by atoms with van der Waals surface area (Å²) in [6.07, 6.45) is 4.64. The van der Waals surface area contributed by atoms with Crippen LogP contribution in [0.15, 0.2) is 42.5 Å². The molecule has 7 heteroatoms. The van der Waals surface area contributed by atoms with Crippen LogP contribution in [-0.4, -0.2) is 28.5 Å². The Balaban J connectivity index is 1.79. The minimum Gasteiger partial charge on any atom is -0.480 e. The minimum atomic E-state index is -0.932. The molecule has 0 bridgehead atoms. The number of carbonyl (C=O) groups excluding carboxylic acids is 1. The van der Waals surface area contributed by atoms with E-state index in [1.807, 2.05) is 17.9 Å². The number of ether oxygens (including phenoxy) is 1. The molecule has 0 fully saturated rings. The van der Waals surface area contributed by atoms with E-state index in [4.69, 9.17) is 16.3 Å². The third-order valence-electron chi connectivity index (χ3n) is 4.36. The molecule has 0 spiro atoms. The average Bonchev–Trinajstić information content (AvgIpc) is 3.03. The SMILES string of the molecule is CC/C=C/C(=O)Oc1cc2c(s1)CCN([C@H](C(=O)O)c1ccccc1Cl)C2. The summed E-state index contributed by atoms with van der Waals surface area (Å²) in [6, 6.07) is 8.04. The number of esters is 1. The number of carboxylic acid groups (broad SMARTS) is 1. The second-order valence-corrected chi connectivity index (χ2v) is 7.73. The van der Waals surface area contributed by atoms with E-state index < -0.39 is 18.0 Å². The molecular formula is C20H20ClNO4S. The van der Waals surface area contributed by atoms with E-state index in [-0.39, 0.29) is 0 Å². The van der Waals surface area contributed by atoms with Crippen molar-refractivity contribution in [2.45, 2.75) is 32.4 Å². The summed E-state index contributed by atoms with van der Waals surface area (Å²) in [7, 11) is 0. The number of nitrogens with zero attached hydrogens (tertiary/aromatic N) is 1. The molecule has 0 aliphatic carbocycles. The summed E-state index contributed by atoms with van der Waals surface area (Å²) < 4.78 is 5.35. The van der Waals surface area contributed by atoms with Crippen LogP contribution in [0.4, 0.5) is 0 Å². The number of carbonyl (C=O) groups is 2. The van der Waals surface area contributed by atoms with Crippen LogP contribution in [0.5, 0.6) is 5.06 Å². The maximum atomic E-state index is 11.9. The van der Waals surface area contributed by atoms with Crippen molar-refractivity contribution < 1.29 is 19.4 Å².